The zero-order valence-corrected chi connectivity index (χ0v) is 9.34. The third kappa shape index (κ3) is 3.12. The minimum absolute atomic E-state index is 0.0436. The van der Waals surface area contributed by atoms with Gasteiger partial charge < -0.3 is 4.74 Å². The van der Waals surface area contributed by atoms with E-state index in [2.05, 4.69) is 0 Å². The van der Waals surface area contributed by atoms with Crippen molar-refractivity contribution in [2.75, 3.05) is 7.11 Å². The molecule has 1 rings (SSSR count). The molecule has 14 heavy (non-hydrogen) atoms. The molecule has 0 aromatic heterocycles. The quantitative estimate of drug-likeness (QED) is 0.770. The molecule has 1 aromatic rings. The largest absolute Gasteiger partial charge is 0.497 e. The Labute approximate surface area is 86.7 Å². The third-order valence-electron chi connectivity index (χ3n) is 1.53. The van der Waals surface area contributed by atoms with E-state index in [-0.39, 0.29) is 6.10 Å². The summed E-state index contributed by atoms with van der Waals surface area (Å²) in [5.41, 5.74) is 0. The molecule has 0 aliphatic heterocycles. The number of methoxy groups -OCH3 is 1. The highest BCUT2D eigenvalue weighted by Gasteiger charge is 2.06. The molecule has 78 valence electrons. The molecule has 0 heterocycles. The average molecular weight is 214 g/mol. The average Bonchev–Trinajstić information content (AvgIpc) is 2.17. The van der Waals surface area contributed by atoms with Crippen LogP contribution in [0.15, 0.2) is 29.2 Å². The summed E-state index contributed by atoms with van der Waals surface area (Å²) >= 11 is -1.38. The number of ether oxygens (including phenoxy) is 1. The molecule has 0 fully saturated rings. The fourth-order valence-electron chi connectivity index (χ4n) is 0.917. The van der Waals surface area contributed by atoms with Gasteiger partial charge in [0.15, 0.2) is 11.1 Å². The number of benzene rings is 1. The first-order valence-corrected chi connectivity index (χ1v) is 5.44. The zero-order chi connectivity index (χ0) is 10.6. The summed E-state index contributed by atoms with van der Waals surface area (Å²) in [5, 5.41) is 0. The number of hydrogen-bond donors (Lipinski definition) is 0. The molecule has 1 atom stereocenters. The lowest BCUT2D eigenvalue weighted by Gasteiger charge is -2.06. The molecule has 3 nitrogen and oxygen atoms in total. The molecule has 0 aliphatic rings. The topological polar surface area (TPSA) is 35.5 Å². The first kappa shape index (κ1) is 11.2. The molecule has 1 aromatic carbocycles. The van der Waals surface area contributed by atoms with E-state index >= 15 is 0 Å². The van der Waals surface area contributed by atoms with Gasteiger partial charge in [-0.1, -0.05) is 0 Å². The van der Waals surface area contributed by atoms with Crippen LogP contribution in [0, 0.1) is 0 Å². The standard InChI is InChI=1S/C10H14O3S/c1-8(2)13-14(11)10-6-4-9(12-3)5-7-10/h4-8H,1-3H3/t14-/m1/s1. The number of hydrogen-bond acceptors (Lipinski definition) is 3. The maximum Gasteiger partial charge on any atom is 0.189 e. The van der Waals surface area contributed by atoms with E-state index in [1.807, 2.05) is 13.8 Å². The van der Waals surface area contributed by atoms with Gasteiger partial charge in [0.25, 0.3) is 0 Å². The van der Waals surface area contributed by atoms with Crippen molar-refractivity contribution in [1.82, 2.24) is 0 Å². The third-order valence-corrected chi connectivity index (χ3v) is 2.75. The normalized spacial score (nSPS) is 12.9. The second kappa shape index (κ2) is 5.12. The van der Waals surface area contributed by atoms with E-state index < -0.39 is 11.1 Å². The minimum Gasteiger partial charge on any atom is -0.497 e. The maximum absolute atomic E-state index is 11.5. The molecule has 0 amide bonds. The summed E-state index contributed by atoms with van der Waals surface area (Å²) in [5.74, 6) is 0.746. The smallest absolute Gasteiger partial charge is 0.189 e. The van der Waals surface area contributed by atoms with E-state index in [0.29, 0.717) is 4.90 Å². The van der Waals surface area contributed by atoms with Gasteiger partial charge in [-0.2, -0.15) is 0 Å². The fourth-order valence-corrected chi connectivity index (χ4v) is 1.74. The Morgan fingerprint density at radius 2 is 1.79 bits per heavy atom. The highest BCUT2D eigenvalue weighted by atomic mass is 32.2. The lowest BCUT2D eigenvalue weighted by Crippen LogP contribution is -2.05. The van der Waals surface area contributed by atoms with Crippen molar-refractivity contribution in [2.45, 2.75) is 24.8 Å². The molecule has 0 spiro atoms. The van der Waals surface area contributed by atoms with Crippen LogP contribution < -0.4 is 4.74 Å². The Morgan fingerprint density at radius 1 is 1.21 bits per heavy atom. The highest BCUT2D eigenvalue weighted by Crippen LogP contribution is 2.15. The minimum atomic E-state index is -1.38. The van der Waals surface area contributed by atoms with Crippen molar-refractivity contribution in [3.8, 4) is 5.75 Å². The van der Waals surface area contributed by atoms with Crippen molar-refractivity contribution in [1.29, 1.82) is 0 Å². The molecular weight excluding hydrogens is 200 g/mol. The number of rotatable bonds is 4. The van der Waals surface area contributed by atoms with Gasteiger partial charge in [-0.05, 0) is 38.1 Å². The summed E-state index contributed by atoms with van der Waals surface area (Å²) in [4.78, 5) is 0.652. The molecule has 0 saturated carbocycles. The van der Waals surface area contributed by atoms with Crippen LogP contribution in [0.25, 0.3) is 0 Å². The lowest BCUT2D eigenvalue weighted by molar-refractivity contribution is 0.270. The summed E-state index contributed by atoms with van der Waals surface area (Å²) < 4.78 is 21.6. The molecule has 0 saturated heterocycles. The van der Waals surface area contributed by atoms with Gasteiger partial charge in [0.05, 0.1) is 18.1 Å². The van der Waals surface area contributed by atoms with Crippen LogP contribution >= 0.6 is 0 Å². The van der Waals surface area contributed by atoms with Crippen LogP contribution in [0.3, 0.4) is 0 Å². The first-order chi connectivity index (χ1) is 6.63. The van der Waals surface area contributed by atoms with Gasteiger partial charge in [-0.15, -0.1) is 0 Å². The van der Waals surface area contributed by atoms with Crippen LogP contribution in [0.2, 0.25) is 0 Å². The Balaban J connectivity index is 2.71. The Kier molecular flexibility index (Phi) is 4.10. The van der Waals surface area contributed by atoms with Gasteiger partial charge >= 0.3 is 0 Å². The summed E-state index contributed by atoms with van der Waals surface area (Å²) in [6.45, 7) is 3.70. The lowest BCUT2D eigenvalue weighted by atomic mass is 10.3. The van der Waals surface area contributed by atoms with Crippen LogP contribution in [-0.4, -0.2) is 17.4 Å². The Morgan fingerprint density at radius 3 is 2.21 bits per heavy atom. The highest BCUT2D eigenvalue weighted by molar-refractivity contribution is 7.80. The van der Waals surface area contributed by atoms with Gasteiger partial charge in [0.1, 0.15) is 5.75 Å². The van der Waals surface area contributed by atoms with Gasteiger partial charge in [0, 0.05) is 0 Å². The molecule has 4 heteroatoms. The second-order valence-electron chi connectivity index (χ2n) is 3.06. The molecule has 0 bridgehead atoms. The van der Waals surface area contributed by atoms with E-state index in [1.165, 1.54) is 0 Å². The van der Waals surface area contributed by atoms with Crippen molar-refractivity contribution in [3.63, 3.8) is 0 Å². The Hall–Kier alpha value is -0.870. The SMILES string of the molecule is COc1ccc([S@](=O)OC(C)C)cc1. The summed E-state index contributed by atoms with van der Waals surface area (Å²) in [6, 6.07) is 6.99. The molecular formula is C10H14O3S. The maximum atomic E-state index is 11.5. The van der Waals surface area contributed by atoms with Crippen molar-refractivity contribution >= 4 is 11.1 Å². The van der Waals surface area contributed by atoms with E-state index in [4.69, 9.17) is 8.92 Å². The predicted octanol–water partition coefficient (Wildman–Crippen LogP) is 2.14. The zero-order valence-electron chi connectivity index (χ0n) is 8.52. The predicted molar refractivity (Wildman–Crippen MR) is 55.6 cm³/mol. The monoisotopic (exact) mass is 214 g/mol. The van der Waals surface area contributed by atoms with Crippen molar-refractivity contribution in [2.24, 2.45) is 0 Å². The van der Waals surface area contributed by atoms with E-state index in [1.54, 1.807) is 31.4 Å². The van der Waals surface area contributed by atoms with Gasteiger partial charge in [-0.25, -0.2) is 4.21 Å². The molecule has 0 unspecified atom stereocenters. The molecule has 0 N–H and O–H groups in total. The van der Waals surface area contributed by atoms with Gasteiger partial charge in [-0.3, -0.25) is 4.18 Å². The second-order valence-corrected chi connectivity index (χ2v) is 4.19. The van der Waals surface area contributed by atoms with Crippen molar-refractivity contribution in [3.05, 3.63) is 24.3 Å². The van der Waals surface area contributed by atoms with Crippen molar-refractivity contribution < 1.29 is 13.1 Å². The summed E-state index contributed by atoms with van der Waals surface area (Å²) in [6.07, 6.45) is -0.0436. The fraction of sp³-hybridized carbons (Fsp3) is 0.400. The molecule has 0 aliphatic carbocycles. The molecule has 0 radical (unpaired) electrons. The van der Waals surface area contributed by atoms with Gasteiger partial charge in [0.2, 0.25) is 0 Å². The van der Waals surface area contributed by atoms with Crippen LogP contribution in [0.5, 0.6) is 5.75 Å². The Bertz CT molecular complexity index is 306. The van der Waals surface area contributed by atoms with Crippen LogP contribution in [0.4, 0.5) is 0 Å². The summed E-state index contributed by atoms with van der Waals surface area (Å²) in [7, 11) is 1.59. The van der Waals surface area contributed by atoms with Crippen LogP contribution in [0.1, 0.15) is 13.8 Å². The van der Waals surface area contributed by atoms with Crippen LogP contribution in [-0.2, 0) is 15.3 Å². The van der Waals surface area contributed by atoms with E-state index in [9.17, 15) is 4.21 Å². The van der Waals surface area contributed by atoms with E-state index in [0.717, 1.165) is 5.75 Å². The first-order valence-electron chi connectivity index (χ1n) is 4.36.